The Hall–Kier alpha value is -3.44. The molecule has 0 unspecified atom stereocenters. The van der Waals surface area contributed by atoms with Crippen molar-refractivity contribution in [3.63, 3.8) is 0 Å². The zero-order chi connectivity index (χ0) is 24.1. The minimum atomic E-state index is -2.62. The molecule has 0 heterocycles. The predicted molar refractivity (Wildman–Crippen MR) is 137 cm³/mol. The van der Waals surface area contributed by atoms with Crippen LogP contribution in [0.15, 0.2) is 104 Å². The van der Waals surface area contributed by atoms with Gasteiger partial charge in [-0.15, -0.1) is 0 Å². The van der Waals surface area contributed by atoms with Gasteiger partial charge in [-0.1, -0.05) is 97.6 Å². The zero-order valence-corrected chi connectivity index (χ0v) is 20.5. The first-order chi connectivity index (χ1) is 16.6. The molecule has 34 heavy (non-hydrogen) atoms. The molecule has 0 bridgehead atoms. The van der Waals surface area contributed by atoms with Crippen LogP contribution >= 0.6 is 0 Å². The lowest BCUT2D eigenvalue weighted by atomic mass is 10.2. The Morgan fingerprint density at radius 1 is 0.706 bits per heavy atom. The van der Waals surface area contributed by atoms with E-state index in [0.29, 0.717) is 19.3 Å². The molecule has 0 aliphatic rings. The monoisotopic (exact) mass is 472 g/mol. The Labute approximate surface area is 203 Å². The van der Waals surface area contributed by atoms with Crippen LogP contribution in [0.2, 0.25) is 0 Å². The van der Waals surface area contributed by atoms with Crippen molar-refractivity contribution in [3.8, 4) is 0 Å². The van der Waals surface area contributed by atoms with Gasteiger partial charge in [0.25, 0.3) is 14.3 Å². The summed E-state index contributed by atoms with van der Waals surface area (Å²) in [4.78, 5) is 24.3. The number of hydrogen-bond acceptors (Lipinski definition) is 4. The lowest BCUT2D eigenvalue weighted by molar-refractivity contribution is -0.137. The molecule has 3 rings (SSSR count). The van der Waals surface area contributed by atoms with Gasteiger partial charge in [0.2, 0.25) is 0 Å². The van der Waals surface area contributed by atoms with E-state index < -0.39 is 14.3 Å². The number of carbonyl (C=O) groups excluding carboxylic acids is 2. The van der Waals surface area contributed by atoms with E-state index in [1.54, 1.807) is 0 Å². The number of ether oxygens (including phenoxy) is 1. The van der Waals surface area contributed by atoms with Crippen LogP contribution < -0.4 is 0 Å². The first-order valence-corrected chi connectivity index (χ1v) is 14.2. The molecule has 0 N–H and O–H groups in total. The first kappa shape index (κ1) is 25.2. The lowest BCUT2D eigenvalue weighted by Gasteiger charge is -2.32. The molecule has 0 atom stereocenters. The third-order valence-corrected chi connectivity index (χ3v) is 9.44. The van der Waals surface area contributed by atoms with Crippen molar-refractivity contribution >= 4 is 20.3 Å². The highest BCUT2D eigenvalue weighted by atomic mass is 28.4. The number of carbonyl (C=O) groups is 2. The summed E-state index contributed by atoms with van der Waals surface area (Å²) in [7, 11) is -2.62. The molecule has 0 saturated heterocycles. The van der Waals surface area contributed by atoms with Gasteiger partial charge in [0.05, 0.1) is 6.61 Å². The molecule has 0 aromatic heterocycles. The van der Waals surface area contributed by atoms with Gasteiger partial charge in [-0.25, -0.2) is 4.79 Å². The highest BCUT2D eigenvalue weighted by Crippen LogP contribution is 2.25. The zero-order valence-electron chi connectivity index (χ0n) is 19.5. The molecule has 3 aromatic rings. The summed E-state index contributed by atoms with van der Waals surface area (Å²) in [5, 5.41) is 0. The van der Waals surface area contributed by atoms with E-state index in [4.69, 9.17) is 9.16 Å². The number of hydrogen-bond donors (Lipinski definition) is 0. The van der Waals surface area contributed by atoms with Crippen LogP contribution in [0, 0.1) is 0 Å². The maximum Gasteiger partial charge on any atom is 0.330 e. The largest absolute Gasteiger partial charge is 0.518 e. The highest BCUT2D eigenvalue weighted by molar-refractivity contribution is 6.73. The Kier molecular flexibility index (Phi) is 9.86. The van der Waals surface area contributed by atoms with E-state index in [2.05, 4.69) is 43.0 Å². The second kappa shape index (κ2) is 13.3. The Balaban J connectivity index is 1.79. The van der Waals surface area contributed by atoms with E-state index >= 15 is 0 Å². The minimum absolute atomic E-state index is 0.176. The molecule has 0 radical (unpaired) electrons. The van der Waals surface area contributed by atoms with E-state index in [1.807, 2.05) is 54.6 Å². The summed E-state index contributed by atoms with van der Waals surface area (Å²) in [6.07, 6.45) is 2.67. The fraction of sp³-hybridized carbons (Fsp3) is 0.241. The van der Waals surface area contributed by atoms with E-state index in [9.17, 15) is 9.59 Å². The third-order valence-electron chi connectivity index (χ3n) is 5.62. The van der Waals surface area contributed by atoms with E-state index in [0.717, 1.165) is 24.2 Å². The summed E-state index contributed by atoms with van der Waals surface area (Å²) in [6, 6.07) is 33.1. The average Bonchev–Trinajstić information content (AvgIpc) is 2.85. The first-order valence-electron chi connectivity index (χ1n) is 11.7. The molecule has 0 spiro atoms. The molecule has 0 fully saturated rings. The van der Waals surface area contributed by atoms with Gasteiger partial charge in [0, 0.05) is 30.6 Å². The number of rotatable bonds is 13. The van der Waals surface area contributed by atoms with Crippen molar-refractivity contribution in [1.29, 1.82) is 0 Å². The predicted octanol–water partition coefficient (Wildman–Crippen LogP) is 5.72. The topological polar surface area (TPSA) is 52.6 Å². The van der Waals surface area contributed by atoms with Crippen molar-refractivity contribution in [1.82, 2.24) is 0 Å². The van der Waals surface area contributed by atoms with Crippen molar-refractivity contribution in [3.05, 3.63) is 120 Å². The van der Waals surface area contributed by atoms with Crippen LogP contribution in [0.25, 0.3) is 0 Å². The molecule has 0 aliphatic heterocycles. The van der Waals surface area contributed by atoms with Crippen LogP contribution in [0.4, 0.5) is 0 Å². The molecule has 176 valence electrons. The quantitative estimate of drug-likeness (QED) is 0.138. The third kappa shape index (κ3) is 8.48. The second-order valence-corrected chi connectivity index (χ2v) is 12.1. The molecule has 0 amide bonds. The molecule has 5 heteroatoms. The summed E-state index contributed by atoms with van der Waals surface area (Å²) in [5.41, 5.74) is 3.56. The molecular formula is C29H32O4Si. The Morgan fingerprint density at radius 2 is 1.15 bits per heavy atom. The standard InChI is InChI=1S/C29H32O4Si/c1-2-28(30)32-21-13-12-20-29(31)33-34(22-25-14-6-3-7-15-25,23-26-16-8-4-9-17-26)24-27-18-10-5-11-19-27/h2-11,14-19H,1,12-13,20-24H2. The molecular weight excluding hydrogens is 440 g/mol. The summed E-state index contributed by atoms with van der Waals surface area (Å²) in [6.45, 7) is 3.66. The van der Waals surface area contributed by atoms with Gasteiger partial charge in [-0.2, -0.15) is 0 Å². The lowest BCUT2D eigenvalue weighted by Crippen LogP contribution is -2.49. The van der Waals surface area contributed by atoms with Gasteiger partial charge in [0.15, 0.2) is 0 Å². The van der Waals surface area contributed by atoms with E-state index in [1.165, 1.54) is 16.7 Å². The number of unbranched alkanes of at least 4 members (excludes halogenated alkanes) is 1. The van der Waals surface area contributed by atoms with Crippen LogP contribution in [-0.2, 0) is 36.9 Å². The molecule has 3 aromatic carbocycles. The fourth-order valence-corrected chi connectivity index (χ4v) is 8.21. The average molecular weight is 473 g/mol. The Morgan fingerprint density at radius 3 is 1.56 bits per heavy atom. The summed E-state index contributed by atoms with van der Waals surface area (Å²) >= 11 is 0. The van der Waals surface area contributed by atoms with E-state index in [-0.39, 0.29) is 12.6 Å². The molecule has 4 nitrogen and oxygen atoms in total. The summed E-state index contributed by atoms with van der Waals surface area (Å²) < 4.78 is 11.5. The van der Waals surface area contributed by atoms with Crippen molar-refractivity contribution < 1.29 is 18.8 Å². The molecule has 0 saturated carbocycles. The Bertz CT molecular complexity index is 934. The minimum Gasteiger partial charge on any atom is -0.518 e. The van der Waals surface area contributed by atoms with Crippen LogP contribution in [0.3, 0.4) is 0 Å². The van der Waals surface area contributed by atoms with Gasteiger partial charge in [-0.05, 0) is 29.5 Å². The summed E-state index contributed by atoms with van der Waals surface area (Å²) in [5.74, 6) is -0.618. The molecule has 0 aliphatic carbocycles. The van der Waals surface area contributed by atoms with Crippen molar-refractivity contribution in [2.24, 2.45) is 0 Å². The van der Waals surface area contributed by atoms with Crippen LogP contribution in [-0.4, -0.2) is 26.9 Å². The maximum absolute atomic E-state index is 13.1. The maximum atomic E-state index is 13.1. The highest BCUT2D eigenvalue weighted by Gasteiger charge is 2.39. The van der Waals surface area contributed by atoms with Gasteiger partial charge in [-0.3, -0.25) is 4.79 Å². The van der Waals surface area contributed by atoms with Crippen molar-refractivity contribution in [2.45, 2.75) is 37.4 Å². The second-order valence-electron chi connectivity index (χ2n) is 8.47. The van der Waals surface area contributed by atoms with Gasteiger partial charge < -0.3 is 9.16 Å². The number of benzene rings is 3. The number of esters is 1. The van der Waals surface area contributed by atoms with Gasteiger partial charge >= 0.3 is 5.97 Å². The SMILES string of the molecule is C=CC(=O)OCCCCC(=O)O[Si](Cc1ccccc1)(Cc1ccccc1)Cc1ccccc1. The van der Waals surface area contributed by atoms with Crippen molar-refractivity contribution in [2.75, 3.05) is 6.61 Å². The normalized spacial score (nSPS) is 10.9. The van der Waals surface area contributed by atoms with Crippen LogP contribution in [0.5, 0.6) is 0 Å². The smallest absolute Gasteiger partial charge is 0.330 e. The van der Waals surface area contributed by atoms with Gasteiger partial charge in [0.1, 0.15) is 0 Å². The fourth-order valence-electron chi connectivity index (χ4n) is 4.09. The van der Waals surface area contributed by atoms with Crippen LogP contribution in [0.1, 0.15) is 36.0 Å².